The number of allylic oxidation sites excluding steroid dienone is 1. The van der Waals surface area contributed by atoms with Gasteiger partial charge < -0.3 is 9.42 Å². The summed E-state index contributed by atoms with van der Waals surface area (Å²) < 4.78 is 5.25. The van der Waals surface area contributed by atoms with Crippen LogP contribution in [0.15, 0.2) is 22.7 Å². The Bertz CT molecular complexity index is 419. The Kier molecular flexibility index (Phi) is 3.61. The Morgan fingerprint density at radius 3 is 3.06 bits per heavy atom. The molecule has 0 unspecified atom stereocenters. The first-order valence-electron chi connectivity index (χ1n) is 6.01. The first-order valence-corrected chi connectivity index (χ1v) is 6.01. The predicted molar refractivity (Wildman–Crippen MR) is 64.4 cm³/mol. The maximum Gasteiger partial charge on any atom is 0.226 e. The fourth-order valence-corrected chi connectivity index (χ4v) is 1.67. The summed E-state index contributed by atoms with van der Waals surface area (Å²) in [6.45, 7) is 2.43. The topological polar surface area (TPSA) is 46.3 Å². The smallest absolute Gasteiger partial charge is 0.226 e. The predicted octanol–water partition coefficient (Wildman–Crippen LogP) is 2.48. The van der Waals surface area contributed by atoms with Gasteiger partial charge in [0, 0.05) is 25.5 Å². The Labute approximate surface area is 101 Å². The van der Waals surface area contributed by atoms with Crippen molar-refractivity contribution < 1.29 is 9.32 Å². The summed E-state index contributed by atoms with van der Waals surface area (Å²) >= 11 is 0. The highest BCUT2D eigenvalue weighted by Crippen LogP contribution is 2.40. The summed E-state index contributed by atoms with van der Waals surface area (Å²) in [5.74, 6) is 1.63. The molecule has 1 aliphatic rings. The second kappa shape index (κ2) is 5.17. The van der Waals surface area contributed by atoms with Gasteiger partial charge >= 0.3 is 0 Å². The summed E-state index contributed by atoms with van der Waals surface area (Å²) in [7, 11) is 1.79. The van der Waals surface area contributed by atoms with E-state index in [1.165, 1.54) is 12.8 Å². The van der Waals surface area contributed by atoms with Crippen molar-refractivity contribution in [3.63, 3.8) is 0 Å². The quantitative estimate of drug-likeness (QED) is 0.735. The molecule has 1 amide bonds. The fraction of sp³-hybridized carbons (Fsp3) is 0.538. The van der Waals surface area contributed by atoms with Gasteiger partial charge in [-0.15, -0.1) is 0 Å². The van der Waals surface area contributed by atoms with E-state index in [9.17, 15) is 4.79 Å². The lowest BCUT2D eigenvalue weighted by atomic mass is 10.2. The zero-order valence-corrected chi connectivity index (χ0v) is 10.3. The molecular weight excluding hydrogens is 216 g/mol. The SMILES string of the molecule is C/C=C/CC(=O)N(C)Cc1cc(C2CC2)on1. The van der Waals surface area contributed by atoms with E-state index in [0.29, 0.717) is 18.9 Å². The number of carbonyl (C=O) groups excluding carboxylic acids is 1. The van der Waals surface area contributed by atoms with Crippen LogP contribution in [-0.4, -0.2) is 23.0 Å². The molecule has 0 N–H and O–H groups in total. The van der Waals surface area contributed by atoms with Gasteiger partial charge in [-0.3, -0.25) is 4.79 Å². The van der Waals surface area contributed by atoms with Gasteiger partial charge in [0.25, 0.3) is 0 Å². The average Bonchev–Trinajstić information content (AvgIpc) is 3.07. The van der Waals surface area contributed by atoms with E-state index in [2.05, 4.69) is 5.16 Å². The summed E-state index contributed by atoms with van der Waals surface area (Å²) in [5.41, 5.74) is 0.836. The zero-order chi connectivity index (χ0) is 12.3. The summed E-state index contributed by atoms with van der Waals surface area (Å²) in [5, 5.41) is 3.99. The standard InChI is InChI=1S/C13H18N2O2/c1-3-4-5-13(16)15(2)9-11-8-12(17-14-11)10-6-7-10/h3-4,8,10H,5-7,9H2,1-2H3/b4-3+. The summed E-state index contributed by atoms with van der Waals surface area (Å²) in [6, 6.07) is 1.97. The van der Waals surface area contributed by atoms with E-state index < -0.39 is 0 Å². The minimum Gasteiger partial charge on any atom is -0.361 e. The van der Waals surface area contributed by atoms with Crippen molar-refractivity contribution in [3.8, 4) is 0 Å². The third-order valence-electron chi connectivity index (χ3n) is 2.91. The normalized spacial score (nSPS) is 15.4. The fourth-order valence-electron chi connectivity index (χ4n) is 1.67. The number of hydrogen-bond acceptors (Lipinski definition) is 3. The maximum absolute atomic E-state index is 11.7. The van der Waals surface area contributed by atoms with E-state index in [0.717, 1.165) is 11.5 Å². The van der Waals surface area contributed by atoms with Crippen LogP contribution in [0.4, 0.5) is 0 Å². The molecule has 0 spiro atoms. The molecule has 4 heteroatoms. The number of rotatable bonds is 5. The highest BCUT2D eigenvalue weighted by Gasteiger charge is 2.28. The van der Waals surface area contributed by atoms with Gasteiger partial charge in [-0.2, -0.15) is 0 Å². The number of nitrogens with zero attached hydrogens (tertiary/aromatic N) is 2. The van der Waals surface area contributed by atoms with Crippen LogP contribution in [0.5, 0.6) is 0 Å². The molecule has 17 heavy (non-hydrogen) atoms. The molecular formula is C13H18N2O2. The lowest BCUT2D eigenvalue weighted by molar-refractivity contribution is -0.129. The summed E-state index contributed by atoms with van der Waals surface area (Å²) in [6.07, 6.45) is 6.58. The van der Waals surface area contributed by atoms with E-state index >= 15 is 0 Å². The van der Waals surface area contributed by atoms with Crippen LogP contribution < -0.4 is 0 Å². The van der Waals surface area contributed by atoms with Crippen molar-refractivity contribution in [2.24, 2.45) is 0 Å². The van der Waals surface area contributed by atoms with Gasteiger partial charge in [-0.25, -0.2) is 0 Å². The van der Waals surface area contributed by atoms with Crippen molar-refractivity contribution in [2.75, 3.05) is 7.05 Å². The Balaban J connectivity index is 1.87. The van der Waals surface area contributed by atoms with E-state index in [1.54, 1.807) is 11.9 Å². The average molecular weight is 234 g/mol. The van der Waals surface area contributed by atoms with E-state index in [4.69, 9.17) is 4.52 Å². The number of amides is 1. The van der Waals surface area contributed by atoms with Crippen LogP contribution in [0.3, 0.4) is 0 Å². The highest BCUT2D eigenvalue weighted by atomic mass is 16.5. The van der Waals surface area contributed by atoms with Gasteiger partial charge in [-0.1, -0.05) is 17.3 Å². The van der Waals surface area contributed by atoms with Crippen molar-refractivity contribution in [1.82, 2.24) is 10.1 Å². The van der Waals surface area contributed by atoms with Crippen molar-refractivity contribution in [3.05, 3.63) is 29.7 Å². The molecule has 1 heterocycles. The number of hydrogen-bond donors (Lipinski definition) is 0. The maximum atomic E-state index is 11.7. The lowest BCUT2D eigenvalue weighted by Gasteiger charge is -2.13. The second-order valence-electron chi connectivity index (χ2n) is 4.52. The van der Waals surface area contributed by atoms with Crippen LogP contribution in [0.25, 0.3) is 0 Å². The van der Waals surface area contributed by atoms with Crippen molar-refractivity contribution >= 4 is 5.91 Å². The van der Waals surface area contributed by atoms with E-state index in [1.807, 2.05) is 25.1 Å². The molecule has 1 aromatic rings. The molecule has 0 radical (unpaired) electrons. The van der Waals surface area contributed by atoms with Crippen LogP contribution in [-0.2, 0) is 11.3 Å². The Hall–Kier alpha value is -1.58. The second-order valence-corrected chi connectivity index (χ2v) is 4.52. The minimum absolute atomic E-state index is 0.0964. The first-order chi connectivity index (χ1) is 8.20. The molecule has 0 atom stereocenters. The zero-order valence-electron chi connectivity index (χ0n) is 10.3. The molecule has 92 valence electrons. The molecule has 0 aliphatic heterocycles. The molecule has 0 saturated heterocycles. The van der Waals surface area contributed by atoms with Crippen LogP contribution in [0.1, 0.15) is 43.6 Å². The number of carbonyl (C=O) groups is 1. The van der Waals surface area contributed by atoms with Gasteiger partial charge in [-0.05, 0) is 19.8 Å². The lowest BCUT2D eigenvalue weighted by Crippen LogP contribution is -2.25. The van der Waals surface area contributed by atoms with Crippen LogP contribution >= 0.6 is 0 Å². The molecule has 0 aromatic carbocycles. The molecule has 1 fully saturated rings. The minimum atomic E-state index is 0.0964. The van der Waals surface area contributed by atoms with Gasteiger partial charge in [0.15, 0.2) is 0 Å². The monoisotopic (exact) mass is 234 g/mol. The molecule has 0 bridgehead atoms. The molecule has 4 nitrogen and oxygen atoms in total. The third kappa shape index (κ3) is 3.19. The van der Waals surface area contributed by atoms with Crippen LogP contribution in [0.2, 0.25) is 0 Å². The van der Waals surface area contributed by atoms with Gasteiger partial charge in [0.2, 0.25) is 5.91 Å². The highest BCUT2D eigenvalue weighted by molar-refractivity contribution is 5.77. The summed E-state index contributed by atoms with van der Waals surface area (Å²) in [4.78, 5) is 13.4. The van der Waals surface area contributed by atoms with Crippen LogP contribution in [0, 0.1) is 0 Å². The third-order valence-corrected chi connectivity index (χ3v) is 2.91. The van der Waals surface area contributed by atoms with Crippen molar-refractivity contribution in [1.29, 1.82) is 0 Å². The van der Waals surface area contributed by atoms with Crippen molar-refractivity contribution in [2.45, 2.75) is 38.6 Å². The first kappa shape index (κ1) is 11.9. The Morgan fingerprint density at radius 1 is 1.65 bits per heavy atom. The molecule has 1 saturated carbocycles. The molecule has 1 aromatic heterocycles. The largest absolute Gasteiger partial charge is 0.361 e. The number of aromatic nitrogens is 1. The molecule has 2 rings (SSSR count). The molecule has 1 aliphatic carbocycles. The van der Waals surface area contributed by atoms with Gasteiger partial charge in [0.1, 0.15) is 11.5 Å². The van der Waals surface area contributed by atoms with E-state index in [-0.39, 0.29) is 5.91 Å². The Morgan fingerprint density at radius 2 is 2.41 bits per heavy atom. The van der Waals surface area contributed by atoms with Gasteiger partial charge in [0.05, 0.1) is 6.54 Å².